The van der Waals surface area contributed by atoms with E-state index in [-0.39, 0.29) is 11.8 Å². The molecule has 5 heteroatoms. The Hall–Kier alpha value is -1.26. The fourth-order valence-electron chi connectivity index (χ4n) is 1.59. The minimum Gasteiger partial charge on any atom is -0.375 e. The predicted molar refractivity (Wildman–Crippen MR) is 77.2 cm³/mol. The minimum absolute atomic E-state index is 0.0898. The van der Waals surface area contributed by atoms with E-state index in [0.29, 0.717) is 10.7 Å². The SMILES string of the molecule is CC(C)C(N)C(=O)Nc1cccc(Cl)c1N(C)C. The predicted octanol–water partition coefficient (Wildman–Crippen LogP) is 2.33. The first-order valence-corrected chi connectivity index (χ1v) is 6.24. The molecule has 0 aromatic heterocycles. The van der Waals surface area contributed by atoms with Gasteiger partial charge in [0.15, 0.2) is 0 Å². The largest absolute Gasteiger partial charge is 0.375 e. The number of nitrogens with one attached hydrogen (secondary N) is 1. The highest BCUT2D eigenvalue weighted by Crippen LogP contribution is 2.32. The Labute approximate surface area is 113 Å². The van der Waals surface area contributed by atoms with Gasteiger partial charge in [0.1, 0.15) is 0 Å². The molecule has 3 N–H and O–H groups in total. The second kappa shape index (κ2) is 6.07. The van der Waals surface area contributed by atoms with E-state index < -0.39 is 6.04 Å². The van der Waals surface area contributed by atoms with Crippen molar-refractivity contribution in [2.24, 2.45) is 11.7 Å². The lowest BCUT2D eigenvalue weighted by molar-refractivity contribution is -0.118. The van der Waals surface area contributed by atoms with Crippen molar-refractivity contribution in [3.8, 4) is 0 Å². The lowest BCUT2D eigenvalue weighted by Crippen LogP contribution is -2.40. The van der Waals surface area contributed by atoms with Crippen LogP contribution in [0.4, 0.5) is 11.4 Å². The molecule has 0 aliphatic rings. The molecule has 4 nitrogen and oxygen atoms in total. The summed E-state index contributed by atoms with van der Waals surface area (Å²) in [4.78, 5) is 13.8. The van der Waals surface area contributed by atoms with E-state index in [1.165, 1.54) is 0 Å². The molecule has 1 amide bonds. The van der Waals surface area contributed by atoms with Crippen LogP contribution in [0.25, 0.3) is 0 Å². The van der Waals surface area contributed by atoms with Crippen LogP contribution >= 0.6 is 11.6 Å². The minimum atomic E-state index is -0.529. The van der Waals surface area contributed by atoms with Gasteiger partial charge in [0, 0.05) is 14.1 Å². The van der Waals surface area contributed by atoms with Crippen LogP contribution in [0.5, 0.6) is 0 Å². The number of hydrogen-bond donors (Lipinski definition) is 2. The van der Waals surface area contributed by atoms with Crippen LogP contribution in [0, 0.1) is 5.92 Å². The van der Waals surface area contributed by atoms with Gasteiger partial charge in [0.05, 0.1) is 22.4 Å². The van der Waals surface area contributed by atoms with E-state index in [4.69, 9.17) is 17.3 Å². The summed E-state index contributed by atoms with van der Waals surface area (Å²) < 4.78 is 0. The number of hydrogen-bond acceptors (Lipinski definition) is 3. The van der Waals surface area contributed by atoms with Gasteiger partial charge in [-0.2, -0.15) is 0 Å². The van der Waals surface area contributed by atoms with Gasteiger partial charge in [-0.1, -0.05) is 31.5 Å². The van der Waals surface area contributed by atoms with E-state index in [1.807, 2.05) is 38.9 Å². The molecule has 1 aromatic rings. The van der Waals surface area contributed by atoms with Crippen LogP contribution < -0.4 is 16.0 Å². The first kappa shape index (κ1) is 14.8. The highest BCUT2D eigenvalue weighted by atomic mass is 35.5. The molecule has 1 atom stereocenters. The van der Waals surface area contributed by atoms with Crippen molar-refractivity contribution in [3.05, 3.63) is 23.2 Å². The number of benzene rings is 1. The van der Waals surface area contributed by atoms with Crippen LogP contribution in [0.1, 0.15) is 13.8 Å². The van der Waals surface area contributed by atoms with Gasteiger partial charge in [-0.3, -0.25) is 4.79 Å². The van der Waals surface area contributed by atoms with Crippen molar-refractivity contribution in [1.29, 1.82) is 0 Å². The Morgan fingerprint density at radius 2 is 2.00 bits per heavy atom. The van der Waals surface area contributed by atoms with Crippen molar-refractivity contribution in [2.75, 3.05) is 24.3 Å². The third kappa shape index (κ3) is 3.37. The van der Waals surface area contributed by atoms with Gasteiger partial charge in [-0.05, 0) is 18.1 Å². The van der Waals surface area contributed by atoms with Gasteiger partial charge < -0.3 is 16.0 Å². The molecule has 18 heavy (non-hydrogen) atoms. The summed E-state index contributed by atoms with van der Waals surface area (Å²) in [6.45, 7) is 3.82. The standard InChI is InChI=1S/C13H20ClN3O/c1-8(2)11(15)13(18)16-10-7-5-6-9(14)12(10)17(3)4/h5-8,11H,15H2,1-4H3,(H,16,18). The Balaban J connectivity index is 2.98. The fraction of sp³-hybridized carbons (Fsp3) is 0.462. The van der Waals surface area contributed by atoms with Crippen LogP contribution in [0.3, 0.4) is 0 Å². The summed E-state index contributed by atoms with van der Waals surface area (Å²) >= 11 is 6.13. The molecule has 0 spiro atoms. The molecule has 1 unspecified atom stereocenters. The number of anilines is 2. The molecule has 0 aliphatic carbocycles. The molecular formula is C13H20ClN3O. The normalized spacial score (nSPS) is 12.4. The summed E-state index contributed by atoms with van der Waals surface area (Å²) in [6.07, 6.45) is 0. The highest BCUT2D eigenvalue weighted by molar-refractivity contribution is 6.34. The summed E-state index contributed by atoms with van der Waals surface area (Å²) in [6, 6.07) is 4.87. The number of halogens is 1. The fourth-order valence-corrected chi connectivity index (χ4v) is 1.93. The van der Waals surface area contributed by atoms with Crippen LogP contribution in [-0.2, 0) is 4.79 Å². The Morgan fingerprint density at radius 3 is 2.50 bits per heavy atom. The average Bonchev–Trinajstić information content (AvgIpc) is 2.27. The maximum absolute atomic E-state index is 11.9. The van der Waals surface area contributed by atoms with Crippen LogP contribution in [0.2, 0.25) is 5.02 Å². The van der Waals surface area contributed by atoms with E-state index in [0.717, 1.165) is 5.69 Å². The molecule has 0 heterocycles. The second-order valence-electron chi connectivity index (χ2n) is 4.79. The van der Waals surface area contributed by atoms with Crippen molar-refractivity contribution >= 4 is 28.9 Å². The quantitative estimate of drug-likeness (QED) is 0.882. The number of amides is 1. The molecule has 0 saturated carbocycles. The number of nitrogens with zero attached hydrogens (tertiary/aromatic N) is 1. The van der Waals surface area contributed by atoms with Gasteiger partial charge in [-0.25, -0.2) is 0 Å². The molecule has 0 radical (unpaired) electrons. The second-order valence-corrected chi connectivity index (χ2v) is 5.20. The van der Waals surface area contributed by atoms with E-state index in [2.05, 4.69) is 5.32 Å². The number of rotatable bonds is 4. The Bertz CT molecular complexity index is 432. The van der Waals surface area contributed by atoms with Gasteiger partial charge in [0.25, 0.3) is 0 Å². The van der Waals surface area contributed by atoms with E-state index in [9.17, 15) is 4.79 Å². The van der Waals surface area contributed by atoms with Crippen molar-refractivity contribution < 1.29 is 4.79 Å². The van der Waals surface area contributed by atoms with Gasteiger partial charge in [-0.15, -0.1) is 0 Å². The van der Waals surface area contributed by atoms with Crippen LogP contribution in [-0.4, -0.2) is 26.0 Å². The molecule has 1 rings (SSSR count). The zero-order chi connectivity index (χ0) is 13.9. The maximum atomic E-state index is 11.9. The summed E-state index contributed by atoms with van der Waals surface area (Å²) in [5.74, 6) is -0.109. The molecule has 100 valence electrons. The lowest BCUT2D eigenvalue weighted by Gasteiger charge is -2.21. The number of para-hydroxylation sites is 1. The molecule has 0 saturated heterocycles. The molecule has 1 aromatic carbocycles. The van der Waals surface area contributed by atoms with Crippen molar-refractivity contribution in [2.45, 2.75) is 19.9 Å². The van der Waals surface area contributed by atoms with Crippen molar-refractivity contribution in [1.82, 2.24) is 0 Å². The summed E-state index contributed by atoms with van der Waals surface area (Å²) in [5, 5.41) is 3.42. The monoisotopic (exact) mass is 269 g/mol. The van der Waals surface area contributed by atoms with Gasteiger partial charge in [0.2, 0.25) is 5.91 Å². The maximum Gasteiger partial charge on any atom is 0.241 e. The zero-order valence-corrected chi connectivity index (χ0v) is 12.0. The topological polar surface area (TPSA) is 58.4 Å². The zero-order valence-electron chi connectivity index (χ0n) is 11.2. The third-order valence-electron chi connectivity index (χ3n) is 2.71. The van der Waals surface area contributed by atoms with E-state index >= 15 is 0 Å². The summed E-state index contributed by atoms with van der Waals surface area (Å²) in [7, 11) is 3.75. The first-order valence-electron chi connectivity index (χ1n) is 5.87. The number of carbonyl (C=O) groups is 1. The highest BCUT2D eigenvalue weighted by Gasteiger charge is 2.19. The van der Waals surface area contributed by atoms with E-state index in [1.54, 1.807) is 12.1 Å². The Kier molecular flexibility index (Phi) is 4.99. The smallest absolute Gasteiger partial charge is 0.241 e. The Morgan fingerprint density at radius 1 is 1.39 bits per heavy atom. The molecule has 0 aliphatic heterocycles. The van der Waals surface area contributed by atoms with Gasteiger partial charge >= 0.3 is 0 Å². The van der Waals surface area contributed by atoms with Crippen molar-refractivity contribution in [3.63, 3.8) is 0 Å². The van der Waals surface area contributed by atoms with Crippen LogP contribution in [0.15, 0.2) is 18.2 Å². The number of nitrogens with two attached hydrogens (primary N) is 1. The number of carbonyl (C=O) groups excluding carboxylic acids is 1. The molecule has 0 bridgehead atoms. The molecular weight excluding hydrogens is 250 g/mol. The summed E-state index contributed by atoms with van der Waals surface area (Å²) in [5.41, 5.74) is 7.27. The first-order chi connectivity index (χ1) is 8.34. The third-order valence-corrected chi connectivity index (χ3v) is 3.02. The average molecular weight is 270 g/mol. The lowest BCUT2D eigenvalue weighted by atomic mass is 10.0. The molecule has 0 fully saturated rings.